The van der Waals surface area contributed by atoms with Crippen molar-refractivity contribution in [1.82, 2.24) is 4.98 Å². The first-order chi connectivity index (χ1) is 10.2. The maximum absolute atomic E-state index is 8.89. The number of rotatable bonds is 4. The molecule has 1 aliphatic heterocycles. The van der Waals surface area contributed by atoms with Crippen LogP contribution in [0.5, 0.6) is 0 Å². The summed E-state index contributed by atoms with van der Waals surface area (Å²) in [6.07, 6.45) is 0.764. The number of hydrogen-bond donors (Lipinski definition) is 1. The van der Waals surface area contributed by atoms with Gasteiger partial charge in [-0.05, 0) is 37.3 Å². The van der Waals surface area contributed by atoms with Gasteiger partial charge in [-0.25, -0.2) is 4.98 Å². The summed E-state index contributed by atoms with van der Waals surface area (Å²) in [5, 5.41) is 13.1. The van der Waals surface area contributed by atoms with E-state index < -0.39 is 5.79 Å². The minimum absolute atomic E-state index is 0.481. The average molecular weight is 283 g/mol. The first-order valence-corrected chi connectivity index (χ1v) is 7.01. The van der Waals surface area contributed by atoms with Crippen LogP contribution in [0.3, 0.4) is 0 Å². The number of hydrogen-bond acceptors (Lipinski definition) is 5. The van der Waals surface area contributed by atoms with Gasteiger partial charge < -0.3 is 14.8 Å². The van der Waals surface area contributed by atoms with Crippen molar-refractivity contribution in [1.29, 1.82) is 5.26 Å². The van der Waals surface area contributed by atoms with Crippen molar-refractivity contribution in [2.75, 3.05) is 25.1 Å². The Morgan fingerprint density at radius 3 is 2.86 bits per heavy atom. The third kappa shape index (κ3) is 3.13. The topological polar surface area (TPSA) is 67.2 Å². The zero-order valence-electron chi connectivity index (χ0n) is 11.9. The van der Waals surface area contributed by atoms with Crippen LogP contribution in [0.1, 0.15) is 18.9 Å². The Hall–Kier alpha value is -2.16. The van der Waals surface area contributed by atoms with E-state index in [4.69, 9.17) is 14.7 Å². The third-order valence-electron chi connectivity index (χ3n) is 3.60. The van der Waals surface area contributed by atoms with Gasteiger partial charge in [0.05, 0.1) is 30.4 Å². The zero-order chi connectivity index (χ0) is 14.7. The van der Waals surface area contributed by atoms with E-state index in [2.05, 4.69) is 16.4 Å². The Labute approximate surface area is 123 Å². The van der Waals surface area contributed by atoms with Crippen molar-refractivity contribution >= 4 is 16.7 Å². The van der Waals surface area contributed by atoms with Crippen LogP contribution in [0.15, 0.2) is 30.3 Å². The number of nitriles is 1. The predicted molar refractivity (Wildman–Crippen MR) is 79.9 cm³/mol. The molecule has 108 valence electrons. The van der Waals surface area contributed by atoms with Gasteiger partial charge in [0.1, 0.15) is 5.82 Å². The Balaban J connectivity index is 1.66. The van der Waals surface area contributed by atoms with Gasteiger partial charge in [0.15, 0.2) is 5.79 Å². The van der Waals surface area contributed by atoms with Crippen LogP contribution in [0, 0.1) is 11.3 Å². The molecule has 1 fully saturated rings. The molecule has 5 heteroatoms. The molecule has 5 nitrogen and oxygen atoms in total. The number of nitrogens with one attached hydrogen (secondary N) is 1. The second-order valence-corrected chi connectivity index (χ2v) is 5.22. The highest BCUT2D eigenvalue weighted by Crippen LogP contribution is 2.22. The number of aromatic nitrogens is 1. The summed E-state index contributed by atoms with van der Waals surface area (Å²) in [6, 6.07) is 11.5. The van der Waals surface area contributed by atoms with Crippen molar-refractivity contribution in [3.05, 3.63) is 35.9 Å². The quantitative estimate of drug-likeness (QED) is 0.934. The molecule has 1 aromatic heterocycles. The van der Waals surface area contributed by atoms with E-state index in [0.29, 0.717) is 18.8 Å². The second kappa shape index (κ2) is 5.68. The highest BCUT2D eigenvalue weighted by Gasteiger charge is 2.30. The van der Waals surface area contributed by atoms with Gasteiger partial charge in [0, 0.05) is 18.4 Å². The molecule has 0 aliphatic carbocycles. The summed E-state index contributed by atoms with van der Waals surface area (Å²) in [4.78, 5) is 4.54. The van der Waals surface area contributed by atoms with Crippen molar-refractivity contribution < 1.29 is 9.47 Å². The molecule has 0 bridgehead atoms. The Kier molecular flexibility index (Phi) is 3.74. The molecule has 1 aromatic carbocycles. The lowest BCUT2D eigenvalue weighted by atomic mass is 10.1. The molecule has 1 N–H and O–H groups in total. The Bertz CT molecular complexity index is 687. The SMILES string of the molecule is CC1(CCNc2ccc3cc(C#N)ccc3n2)OCCO1. The standard InChI is InChI=1S/C16H17N3O2/c1-16(20-8-9-21-16)6-7-18-15-5-3-13-10-12(11-17)2-4-14(13)19-15/h2-5,10H,6-9H2,1H3,(H,18,19). The molecule has 2 aromatic rings. The summed E-state index contributed by atoms with van der Waals surface area (Å²) in [6.45, 7) is 4.00. The second-order valence-electron chi connectivity index (χ2n) is 5.22. The minimum Gasteiger partial charge on any atom is -0.370 e. The highest BCUT2D eigenvalue weighted by atomic mass is 16.7. The summed E-state index contributed by atoms with van der Waals surface area (Å²) in [5.74, 6) is 0.333. The predicted octanol–water partition coefficient (Wildman–Crippen LogP) is 2.67. The van der Waals surface area contributed by atoms with Crippen LogP contribution in [-0.4, -0.2) is 30.5 Å². The van der Waals surface area contributed by atoms with Crippen LogP contribution >= 0.6 is 0 Å². The van der Waals surface area contributed by atoms with Crippen LogP contribution in [0.2, 0.25) is 0 Å². The molecule has 0 saturated carbocycles. The fourth-order valence-corrected chi connectivity index (χ4v) is 2.41. The zero-order valence-corrected chi connectivity index (χ0v) is 11.9. The maximum atomic E-state index is 8.89. The van der Waals surface area contributed by atoms with Gasteiger partial charge in [-0.1, -0.05) is 0 Å². The normalized spacial score (nSPS) is 16.8. The van der Waals surface area contributed by atoms with Gasteiger partial charge >= 0.3 is 0 Å². The van der Waals surface area contributed by atoms with Gasteiger partial charge in [-0.2, -0.15) is 5.26 Å². The number of ether oxygens (including phenoxy) is 2. The van der Waals surface area contributed by atoms with Crippen LogP contribution in [-0.2, 0) is 9.47 Å². The van der Waals surface area contributed by atoms with Crippen LogP contribution in [0.4, 0.5) is 5.82 Å². The van der Waals surface area contributed by atoms with Crippen LogP contribution in [0.25, 0.3) is 10.9 Å². The van der Waals surface area contributed by atoms with Gasteiger partial charge in [0.2, 0.25) is 0 Å². The van der Waals surface area contributed by atoms with Gasteiger partial charge in [-0.15, -0.1) is 0 Å². The van der Waals surface area contributed by atoms with Crippen molar-refractivity contribution in [2.24, 2.45) is 0 Å². The number of benzene rings is 1. The summed E-state index contributed by atoms with van der Waals surface area (Å²) < 4.78 is 11.1. The first-order valence-electron chi connectivity index (χ1n) is 7.01. The molecule has 2 heterocycles. The summed E-state index contributed by atoms with van der Waals surface area (Å²) >= 11 is 0. The molecular weight excluding hydrogens is 266 g/mol. The fraction of sp³-hybridized carbons (Fsp3) is 0.375. The van der Waals surface area contributed by atoms with Crippen LogP contribution < -0.4 is 5.32 Å². The maximum Gasteiger partial charge on any atom is 0.167 e. The molecule has 3 rings (SSSR count). The van der Waals surface area contributed by atoms with Gasteiger partial charge in [0.25, 0.3) is 0 Å². The van der Waals surface area contributed by atoms with Crippen molar-refractivity contribution in [3.8, 4) is 6.07 Å². The lowest BCUT2D eigenvalue weighted by molar-refractivity contribution is -0.144. The van der Waals surface area contributed by atoms with E-state index in [-0.39, 0.29) is 0 Å². The third-order valence-corrected chi connectivity index (χ3v) is 3.60. The molecule has 0 amide bonds. The summed E-state index contributed by atoms with van der Waals surface area (Å²) in [5.41, 5.74) is 1.52. The average Bonchev–Trinajstić information content (AvgIpc) is 2.93. The number of pyridine rings is 1. The smallest absolute Gasteiger partial charge is 0.167 e. The van der Waals surface area contributed by atoms with E-state index in [0.717, 1.165) is 29.7 Å². The molecule has 1 aliphatic rings. The number of anilines is 1. The first kappa shape index (κ1) is 13.8. The Morgan fingerprint density at radius 1 is 1.29 bits per heavy atom. The number of fused-ring (bicyclic) bond motifs is 1. The van der Waals surface area contributed by atoms with E-state index >= 15 is 0 Å². The van der Waals surface area contributed by atoms with E-state index in [9.17, 15) is 0 Å². The van der Waals surface area contributed by atoms with Gasteiger partial charge in [-0.3, -0.25) is 0 Å². The van der Waals surface area contributed by atoms with E-state index in [1.54, 1.807) is 6.07 Å². The van der Waals surface area contributed by atoms with E-state index in [1.165, 1.54) is 0 Å². The monoisotopic (exact) mass is 283 g/mol. The molecule has 0 spiro atoms. The molecular formula is C16H17N3O2. The highest BCUT2D eigenvalue weighted by molar-refractivity contribution is 5.81. The summed E-state index contributed by atoms with van der Waals surface area (Å²) in [7, 11) is 0. The van der Waals surface area contributed by atoms with E-state index in [1.807, 2.05) is 31.2 Å². The number of nitrogens with zero attached hydrogens (tertiary/aromatic N) is 2. The van der Waals surface area contributed by atoms with Crippen molar-refractivity contribution in [3.63, 3.8) is 0 Å². The molecule has 21 heavy (non-hydrogen) atoms. The Morgan fingerprint density at radius 2 is 2.10 bits per heavy atom. The largest absolute Gasteiger partial charge is 0.370 e. The lowest BCUT2D eigenvalue weighted by Gasteiger charge is -2.22. The van der Waals surface area contributed by atoms with Crippen molar-refractivity contribution in [2.45, 2.75) is 19.1 Å². The molecule has 1 saturated heterocycles. The fourth-order valence-electron chi connectivity index (χ4n) is 2.41. The molecule has 0 radical (unpaired) electrons. The molecule has 0 atom stereocenters. The molecule has 0 unspecified atom stereocenters. The minimum atomic E-state index is -0.481. The lowest BCUT2D eigenvalue weighted by Crippen LogP contribution is -2.28.